The zero-order valence-electron chi connectivity index (χ0n) is 10.5. The van der Waals surface area contributed by atoms with Gasteiger partial charge in [-0.2, -0.15) is 0 Å². The van der Waals surface area contributed by atoms with Gasteiger partial charge < -0.3 is 9.83 Å². The molecule has 0 fully saturated rings. The van der Waals surface area contributed by atoms with Gasteiger partial charge in [0.05, 0.1) is 0 Å². The van der Waals surface area contributed by atoms with E-state index in [1.165, 1.54) is 0 Å². The number of hydrogen-bond acceptors (Lipinski definition) is 5. The van der Waals surface area contributed by atoms with Gasteiger partial charge in [0.25, 0.3) is 0 Å². The molecule has 6 nitrogen and oxygen atoms in total. The molecule has 19 heavy (non-hydrogen) atoms. The quantitative estimate of drug-likeness (QED) is 0.548. The summed E-state index contributed by atoms with van der Waals surface area (Å²) in [6.07, 6.45) is 4.67. The minimum absolute atomic E-state index is 0.580. The molecular formula is C13H14N6. The van der Waals surface area contributed by atoms with Crippen molar-refractivity contribution in [2.45, 2.75) is 13.3 Å². The summed E-state index contributed by atoms with van der Waals surface area (Å²) in [6.45, 7) is 2.04. The lowest BCUT2D eigenvalue weighted by Crippen LogP contribution is -2.10. The molecular weight excluding hydrogens is 240 g/mol. The van der Waals surface area contributed by atoms with Crippen molar-refractivity contribution in [3.63, 3.8) is 0 Å². The first-order valence-electron chi connectivity index (χ1n) is 6.09. The largest absolute Gasteiger partial charge is 0.308 e. The normalized spacial score (nSPS) is 10.8. The van der Waals surface area contributed by atoms with Crippen molar-refractivity contribution in [1.29, 1.82) is 0 Å². The van der Waals surface area contributed by atoms with E-state index in [1.54, 1.807) is 0 Å². The second-order valence-corrected chi connectivity index (χ2v) is 4.16. The van der Waals surface area contributed by atoms with Gasteiger partial charge in [-0.25, -0.2) is 20.8 Å². The number of aromatic nitrogens is 4. The number of nitrogens with zero attached hydrogens (tertiary/aromatic N) is 4. The van der Waals surface area contributed by atoms with Gasteiger partial charge in [-0.1, -0.05) is 13.0 Å². The molecule has 3 aromatic rings. The molecule has 0 atom stereocenters. The maximum Gasteiger partial charge on any atom is 0.182 e. The predicted molar refractivity (Wildman–Crippen MR) is 73.4 cm³/mol. The number of nitrogens with two attached hydrogens (primary N) is 1. The van der Waals surface area contributed by atoms with Gasteiger partial charge in [-0.3, -0.25) is 0 Å². The molecule has 0 bridgehead atoms. The molecule has 3 rings (SSSR count). The number of fused-ring (bicyclic) bond motifs is 1. The fourth-order valence-electron chi connectivity index (χ4n) is 1.91. The van der Waals surface area contributed by atoms with Crippen molar-refractivity contribution in [2.24, 2.45) is 5.84 Å². The standard InChI is InChI=1S/C13H14N6/c1-2-9-7-11(18-14)17-13(15-9)10-8-19-6-4-3-5-12(19)16-10/h3-8H,2,14H2,1H3,(H,15,17,18). The van der Waals surface area contributed by atoms with Crippen LogP contribution in [0.5, 0.6) is 0 Å². The number of anilines is 1. The Balaban J connectivity index is 2.14. The van der Waals surface area contributed by atoms with E-state index >= 15 is 0 Å². The summed E-state index contributed by atoms with van der Waals surface area (Å²) in [7, 11) is 0. The van der Waals surface area contributed by atoms with Crippen LogP contribution in [0.1, 0.15) is 12.6 Å². The molecule has 0 amide bonds. The lowest BCUT2D eigenvalue weighted by molar-refractivity contribution is 0.997. The molecule has 3 aromatic heterocycles. The van der Waals surface area contributed by atoms with E-state index in [9.17, 15) is 0 Å². The SMILES string of the molecule is CCc1cc(NN)nc(-c2cn3ccccc3n2)n1. The Kier molecular flexibility index (Phi) is 2.85. The fraction of sp³-hybridized carbons (Fsp3) is 0.154. The molecule has 6 heteroatoms. The molecule has 0 saturated carbocycles. The number of aryl methyl sites for hydroxylation is 1. The average molecular weight is 254 g/mol. The Morgan fingerprint density at radius 3 is 2.89 bits per heavy atom. The number of rotatable bonds is 3. The van der Waals surface area contributed by atoms with Crippen molar-refractivity contribution in [2.75, 3.05) is 5.43 Å². The van der Waals surface area contributed by atoms with Crippen molar-refractivity contribution >= 4 is 11.5 Å². The van der Waals surface area contributed by atoms with Crippen LogP contribution in [0.15, 0.2) is 36.7 Å². The maximum absolute atomic E-state index is 5.43. The minimum atomic E-state index is 0.580. The number of imidazole rings is 1. The smallest absolute Gasteiger partial charge is 0.182 e. The van der Waals surface area contributed by atoms with Crippen LogP contribution in [-0.4, -0.2) is 19.4 Å². The molecule has 96 valence electrons. The third-order valence-electron chi connectivity index (χ3n) is 2.88. The maximum atomic E-state index is 5.43. The fourth-order valence-corrected chi connectivity index (χ4v) is 1.91. The Hall–Kier alpha value is -2.47. The van der Waals surface area contributed by atoms with Crippen LogP contribution in [0.25, 0.3) is 17.2 Å². The van der Waals surface area contributed by atoms with Crippen LogP contribution < -0.4 is 11.3 Å². The van der Waals surface area contributed by atoms with E-state index in [0.29, 0.717) is 11.6 Å². The summed E-state index contributed by atoms with van der Waals surface area (Å²) < 4.78 is 1.94. The number of pyridine rings is 1. The van der Waals surface area contributed by atoms with Gasteiger partial charge in [0, 0.05) is 24.2 Å². The first kappa shape index (κ1) is 11.6. The molecule has 0 aromatic carbocycles. The third-order valence-corrected chi connectivity index (χ3v) is 2.88. The lowest BCUT2D eigenvalue weighted by Gasteiger charge is -2.04. The third kappa shape index (κ3) is 2.13. The Bertz CT molecular complexity index is 663. The average Bonchev–Trinajstić information content (AvgIpc) is 2.90. The highest BCUT2D eigenvalue weighted by Crippen LogP contribution is 2.18. The Morgan fingerprint density at radius 1 is 1.26 bits per heavy atom. The van der Waals surface area contributed by atoms with E-state index in [1.807, 2.05) is 48.0 Å². The first-order valence-corrected chi connectivity index (χ1v) is 6.09. The van der Waals surface area contributed by atoms with Crippen molar-refractivity contribution in [3.05, 3.63) is 42.4 Å². The van der Waals surface area contributed by atoms with Gasteiger partial charge in [0.15, 0.2) is 5.82 Å². The first-order chi connectivity index (χ1) is 9.30. The molecule has 0 aliphatic rings. The number of nitrogen functional groups attached to an aromatic ring is 1. The molecule has 0 radical (unpaired) electrons. The van der Waals surface area contributed by atoms with E-state index in [-0.39, 0.29) is 0 Å². The second-order valence-electron chi connectivity index (χ2n) is 4.16. The zero-order valence-corrected chi connectivity index (χ0v) is 10.5. The van der Waals surface area contributed by atoms with Crippen LogP contribution in [0.3, 0.4) is 0 Å². The van der Waals surface area contributed by atoms with Crippen LogP contribution in [0.4, 0.5) is 5.82 Å². The molecule has 0 aliphatic carbocycles. The Morgan fingerprint density at radius 2 is 2.16 bits per heavy atom. The summed E-state index contributed by atoms with van der Waals surface area (Å²) in [5.41, 5.74) is 5.09. The van der Waals surface area contributed by atoms with Crippen LogP contribution in [0, 0.1) is 0 Å². The van der Waals surface area contributed by atoms with Crippen molar-refractivity contribution in [1.82, 2.24) is 19.4 Å². The van der Waals surface area contributed by atoms with E-state index in [2.05, 4.69) is 20.4 Å². The van der Waals surface area contributed by atoms with E-state index in [4.69, 9.17) is 5.84 Å². The number of nitrogens with one attached hydrogen (secondary N) is 1. The van der Waals surface area contributed by atoms with Crippen molar-refractivity contribution < 1.29 is 0 Å². The lowest BCUT2D eigenvalue weighted by atomic mass is 10.3. The van der Waals surface area contributed by atoms with E-state index < -0.39 is 0 Å². The predicted octanol–water partition coefficient (Wildman–Crippen LogP) is 1.64. The van der Waals surface area contributed by atoms with Gasteiger partial charge in [-0.05, 0) is 18.6 Å². The van der Waals surface area contributed by atoms with Crippen LogP contribution in [-0.2, 0) is 6.42 Å². The summed E-state index contributed by atoms with van der Waals surface area (Å²) in [5, 5.41) is 0. The zero-order chi connectivity index (χ0) is 13.2. The summed E-state index contributed by atoms with van der Waals surface area (Å²) in [6, 6.07) is 7.67. The van der Waals surface area contributed by atoms with Gasteiger partial charge >= 0.3 is 0 Å². The monoisotopic (exact) mass is 254 g/mol. The van der Waals surface area contributed by atoms with Gasteiger partial charge in [0.1, 0.15) is 17.2 Å². The molecule has 3 heterocycles. The summed E-state index contributed by atoms with van der Waals surface area (Å²) in [4.78, 5) is 13.3. The Labute approximate surface area is 110 Å². The molecule has 0 spiro atoms. The molecule has 0 aliphatic heterocycles. The number of hydrogen-bond donors (Lipinski definition) is 2. The molecule has 0 saturated heterocycles. The highest BCUT2D eigenvalue weighted by Gasteiger charge is 2.09. The van der Waals surface area contributed by atoms with Gasteiger partial charge in [0.2, 0.25) is 0 Å². The topological polar surface area (TPSA) is 81.1 Å². The molecule has 0 unspecified atom stereocenters. The van der Waals surface area contributed by atoms with E-state index in [0.717, 1.165) is 23.5 Å². The van der Waals surface area contributed by atoms with Gasteiger partial charge in [-0.15, -0.1) is 0 Å². The van der Waals surface area contributed by atoms with Crippen LogP contribution >= 0.6 is 0 Å². The second kappa shape index (κ2) is 4.66. The highest BCUT2D eigenvalue weighted by molar-refractivity contribution is 5.57. The minimum Gasteiger partial charge on any atom is -0.308 e. The van der Waals surface area contributed by atoms with Crippen LogP contribution in [0.2, 0.25) is 0 Å². The number of hydrazine groups is 1. The molecule has 3 N–H and O–H groups in total. The summed E-state index contributed by atoms with van der Waals surface area (Å²) >= 11 is 0. The van der Waals surface area contributed by atoms with Crippen molar-refractivity contribution in [3.8, 4) is 11.5 Å². The highest BCUT2D eigenvalue weighted by atomic mass is 15.3. The summed E-state index contributed by atoms with van der Waals surface area (Å²) in [5.74, 6) is 6.61.